The number of anilines is 1. The molecule has 5 nitrogen and oxygen atoms in total. The lowest BCUT2D eigenvalue weighted by Crippen LogP contribution is -2.12. The topological polar surface area (TPSA) is 68.0 Å². The molecule has 0 saturated heterocycles. The summed E-state index contributed by atoms with van der Waals surface area (Å²) in [6.45, 7) is 0. The minimum absolute atomic E-state index is 0.111. The lowest BCUT2D eigenvalue weighted by Gasteiger charge is -2.03. The van der Waals surface area contributed by atoms with Gasteiger partial charge in [-0.25, -0.2) is 0 Å². The van der Waals surface area contributed by atoms with Gasteiger partial charge in [-0.05, 0) is 34.4 Å². The summed E-state index contributed by atoms with van der Waals surface area (Å²) in [5, 5.41) is 14.6. The van der Waals surface area contributed by atoms with Gasteiger partial charge >= 0.3 is 6.01 Å². The molecule has 4 rings (SSSR count). The molecule has 0 bridgehead atoms. The third-order valence-electron chi connectivity index (χ3n) is 3.60. The number of carbonyl (C=O) groups excluding carboxylic acids is 1. The molecule has 118 valence electrons. The first-order valence-electron chi connectivity index (χ1n) is 7.43. The number of nitrogens with one attached hydrogen (secondary N) is 1. The predicted molar refractivity (Wildman–Crippen MR) is 93.3 cm³/mol. The second-order valence-corrected chi connectivity index (χ2v) is 6.31. The van der Waals surface area contributed by atoms with Crippen molar-refractivity contribution in [3.8, 4) is 0 Å². The Morgan fingerprint density at radius 3 is 2.75 bits per heavy atom. The van der Waals surface area contributed by atoms with Crippen LogP contribution in [0.15, 0.2) is 64.4 Å². The number of hydrogen-bond donors (Lipinski definition) is 1. The van der Waals surface area contributed by atoms with Crippen LogP contribution in [0.1, 0.15) is 21.1 Å². The number of carbonyl (C=O) groups is 1. The Kier molecular flexibility index (Phi) is 3.80. The van der Waals surface area contributed by atoms with Crippen molar-refractivity contribution in [1.82, 2.24) is 10.2 Å². The van der Waals surface area contributed by atoms with Gasteiger partial charge in [-0.2, -0.15) is 0 Å². The van der Waals surface area contributed by atoms with Gasteiger partial charge in [0.05, 0.1) is 6.42 Å². The maximum atomic E-state index is 12.3. The fraction of sp³-hybridized carbons (Fsp3) is 0.0556. The zero-order chi connectivity index (χ0) is 16.4. The van der Waals surface area contributed by atoms with Crippen LogP contribution >= 0.6 is 11.3 Å². The second kappa shape index (κ2) is 6.25. The van der Waals surface area contributed by atoms with E-state index in [2.05, 4.69) is 15.5 Å². The fourth-order valence-corrected chi connectivity index (χ4v) is 3.13. The Morgan fingerprint density at radius 2 is 1.92 bits per heavy atom. The van der Waals surface area contributed by atoms with E-state index in [4.69, 9.17) is 4.42 Å². The van der Waals surface area contributed by atoms with Crippen LogP contribution in [0, 0.1) is 0 Å². The van der Waals surface area contributed by atoms with E-state index in [1.165, 1.54) is 0 Å². The smallest absolute Gasteiger partial charge is 0.322 e. The van der Waals surface area contributed by atoms with E-state index in [9.17, 15) is 4.79 Å². The molecule has 2 heterocycles. The monoisotopic (exact) mass is 335 g/mol. The molecular weight excluding hydrogens is 322 g/mol. The first-order chi connectivity index (χ1) is 11.8. The summed E-state index contributed by atoms with van der Waals surface area (Å²) in [6.07, 6.45) is 0.566. The zero-order valence-corrected chi connectivity index (χ0v) is 13.4. The molecule has 24 heavy (non-hydrogen) atoms. The number of rotatable bonds is 4. The fourth-order valence-electron chi connectivity index (χ4n) is 2.44. The minimum Gasteiger partial charge on any atom is -0.407 e. The molecule has 0 aliphatic carbocycles. The molecular formula is C18H13N3O2S. The summed E-state index contributed by atoms with van der Waals surface area (Å²) in [7, 11) is 0. The molecule has 0 aliphatic heterocycles. The predicted octanol–water partition coefficient (Wildman–Crippen LogP) is 4.13. The molecule has 6 heteroatoms. The molecule has 0 fully saturated rings. The van der Waals surface area contributed by atoms with Crippen molar-refractivity contribution in [2.45, 2.75) is 6.42 Å². The molecule has 4 aromatic rings. The van der Waals surface area contributed by atoms with E-state index in [0.29, 0.717) is 17.9 Å². The van der Waals surface area contributed by atoms with E-state index in [1.807, 2.05) is 53.9 Å². The van der Waals surface area contributed by atoms with Crippen LogP contribution in [0.4, 0.5) is 6.01 Å². The average Bonchev–Trinajstić information content (AvgIpc) is 3.27. The molecule has 0 unspecified atom stereocenters. The number of fused-ring (bicyclic) bond motifs is 1. The van der Waals surface area contributed by atoms with Crippen molar-refractivity contribution in [3.63, 3.8) is 0 Å². The van der Waals surface area contributed by atoms with Crippen LogP contribution in [0.5, 0.6) is 0 Å². The van der Waals surface area contributed by atoms with Crippen LogP contribution in [0.2, 0.25) is 0 Å². The summed E-state index contributed by atoms with van der Waals surface area (Å²) >= 11 is 1.62. The third-order valence-corrected chi connectivity index (χ3v) is 4.48. The van der Waals surface area contributed by atoms with Gasteiger partial charge in [-0.15, -0.1) is 16.4 Å². The minimum atomic E-state index is -0.271. The molecule has 0 saturated carbocycles. The molecule has 1 N–H and O–H groups in total. The van der Waals surface area contributed by atoms with Gasteiger partial charge in [-0.1, -0.05) is 41.5 Å². The Morgan fingerprint density at radius 1 is 1.04 bits per heavy atom. The third kappa shape index (κ3) is 3.04. The summed E-state index contributed by atoms with van der Waals surface area (Å²) in [5.41, 5.74) is 0.548. The summed E-state index contributed by atoms with van der Waals surface area (Å²) in [4.78, 5) is 13.5. The van der Waals surface area contributed by atoms with Crippen molar-refractivity contribution in [3.05, 3.63) is 76.3 Å². The van der Waals surface area contributed by atoms with Crippen LogP contribution in [-0.4, -0.2) is 16.1 Å². The zero-order valence-electron chi connectivity index (χ0n) is 12.6. The number of aromatic nitrogens is 2. The van der Waals surface area contributed by atoms with Gasteiger partial charge in [0.2, 0.25) is 5.89 Å². The molecule has 0 aliphatic rings. The first-order valence-corrected chi connectivity index (χ1v) is 8.31. The Bertz CT molecular complexity index is 992. The Balaban J connectivity index is 1.49. The highest BCUT2D eigenvalue weighted by molar-refractivity contribution is 7.09. The van der Waals surface area contributed by atoms with Crippen molar-refractivity contribution >= 4 is 34.0 Å². The average molecular weight is 335 g/mol. The first kappa shape index (κ1) is 14.6. The van der Waals surface area contributed by atoms with Crippen molar-refractivity contribution in [2.24, 2.45) is 0 Å². The maximum absolute atomic E-state index is 12.3. The molecule has 0 radical (unpaired) electrons. The van der Waals surface area contributed by atoms with Gasteiger partial charge in [0.1, 0.15) is 0 Å². The number of thiophene rings is 1. The number of benzene rings is 2. The Labute approximate surface area is 142 Å². The van der Waals surface area contributed by atoms with E-state index in [1.54, 1.807) is 17.4 Å². The van der Waals surface area contributed by atoms with Crippen LogP contribution in [-0.2, 0) is 6.42 Å². The quantitative estimate of drug-likeness (QED) is 0.609. The maximum Gasteiger partial charge on any atom is 0.322 e. The second-order valence-electron chi connectivity index (χ2n) is 5.27. The van der Waals surface area contributed by atoms with Crippen molar-refractivity contribution in [2.75, 3.05) is 5.32 Å². The number of hydrogen-bond acceptors (Lipinski definition) is 5. The summed E-state index contributed by atoms with van der Waals surface area (Å²) < 4.78 is 5.49. The van der Waals surface area contributed by atoms with E-state index in [0.717, 1.165) is 15.6 Å². The van der Waals surface area contributed by atoms with Gasteiger partial charge in [0, 0.05) is 10.4 Å². The van der Waals surface area contributed by atoms with E-state index < -0.39 is 0 Å². The SMILES string of the molecule is O=C(Nc1nnc(Cc2cccs2)o1)c1ccc2ccccc2c1. The van der Waals surface area contributed by atoms with Crippen LogP contribution in [0.3, 0.4) is 0 Å². The molecule has 2 aromatic heterocycles. The normalized spacial score (nSPS) is 10.8. The van der Waals surface area contributed by atoms with Gasteiger partial charge < -0.3 is 4.42 Å². The highest BCUT2D eigenvalue weighted by Gasteiger charge is 2.12. The van der Waals surface area contributed by atoms with Crippen LogP contribution < -0.4 is 5.32 Å². The summed E-state index contributed by atoms with van der Waals surface area (Å²) in [6, 6.07) is 17.5. The lowest BCUT2D eigenvalue weighted by molar-refractivity contribution is 0.102. The van der Waals surface area contributed by atoms with Gasteiger partial charge in [0.25, 0.3) is 5.91 Å². The molecule has 1 amide bonds. The van der Waals surface area contributed by atoms with Crippen molar-refractivity contribution in [1.29, 1.82) is 0 Å². The number of nitrogens with zero attached hydrogens (tertiary/aromatic N) is 2. The Hall–Kier alpha value is -2.99. The van der Waals surface area contributed by atoms with Crippen molar-refractivity contribution < 1.29 is 9.21 Å². The van der Waals surface area contributed by atoms with E-state index in [-0.39, 0.29) is 11.9 Å². The highest BCUT2D eigenvalue weighted by Crippen LogP contribution is 2.18. The molecule has 0 spiro atoms. The van der Waals surface area contributed by atoms with Gasteiger partial charge in [0.15, 0.2) is 0 Å². The van der Waals surface area contributed by atoms with Gasteiger partial charge in [-0.3, -0.25) is 10.1 Å². The highest BCUT2D eigenvalue weighted by atomic mass is 32.1. The lowest BCUT2D eigenvalue weighted by atomic mass is 10.1. The number of amides is 1. The van der Waals surface area contributed by atoms with E-state index >= 15 is 0 Å². The molecule has 0 atom stereocenters. The summed E-state index contributed by atoms with van der Waals surface area (Å²) in [5.74, 6) is 0.207. The van der Waals surface area contributed by atoms with Crippen LogP contribution in [0.25, 0.3) is 10.8 Å². The molecule has 2 aromatic carbocycles. The standard InChI is InChI=1S/C18H13N3O2S/c22-17(14-8-7-12-4-1-2-5-13(12)10-14)19-18-21-20-16(23-18)11-15-6-3-9-24-15/h1-10H,11H2,(H,19,21,22). The largest absolute Gasteiger partial charge is 0.407 e.